The molecule has 1 heterocycles. The Balaban J connectivity index is 1.86. The highest BCUT2D eigenvalue weighted by Gasteiger charge is 2.20. The quantitative estimate of drug-likeness (QED) is 0.900. The molecule has 1 aromatic rings. The molecule has 0 saturated carbocycles. The molecule has 2 atom stereocenters. The van der Waals surface area contributed by atoms with Crippen molar-refractivity contribution in [2.75, 3.05) is 25.1 Å². The summed E-state index contributed by atoms with van der Waals surface area (Å²) in [6.45, 7) is 2.75. The Labute approximate surface area is 119 Å². The van der Waals surface area contributed by atoms with Gasteiger partial charge >= 0.3 is 0 Å². The third kappa shape index (κ3) is 3.94. The fourth-order valence-electron chi connectivity index (χ4n) is 2.40. The first-order chi connectivity index (χ1) is 9.08. The maximum Gasteiger partial charge on any atom is 0.126 e. The molecule has 106 valence electrons. The second kappa shape index (κ2) is 6.73. The number of benzene rings is 1. The first-order valence-corrected chi connectivity index (χ1v) is 8.03. The van der Waals surface area contributed by atoms with Gasteiger partial charge in [0, 0.05) is 17.8 Å². The number of hydrogen-bond acceptors (Lipinski definition) is 3. The van der Waals surface area contributed by atoms with Crippen LogP contribution in [0.1, 0.15) is 30.0 Å². The summed E-state index contributed by atoms with van der Waals surface area (Å²) in [7, 11) is 2.17. The van der Waals surface area contributed by atoms with Crippen LogP contribution in [-0.4, -0.2) is 36.0 Å². The predicted octanol–water partition coefficient (Wildman–Crippen LogP) is 2.96. The Bertz CT molecular complexity index is 419. The Morgan fingerprint density at radius 2 is 2.32 bits per heavy atom. The van der Waals surface area contributed by atoms with Crippen LogP contribution in [0.25, 0.3) is 0 Å². The van der Waals surface area contributed by atoms with Crippen molar-refractivity contribution in [3.05, 3.63) is 35.1 Å². The number of nitrogens with zero attached hydrogens (tertiary/aromatic N) is 1. The fourth-order valence-corrected chi connectivity index (χ4v) is 3.70. The van der Waals surface area contributed by atoms with E-state index in [-0.39, 0.29) is 11.9 Å². The van der Waals surface area contributed by atoms with E-state index in [0.29, 0.717) is 11.6 Å². The lowest BCUT2D eigenvalue weighted by Crippen LogP contribution is -2.33. The van der Waals surface area contributed by atoms with Crippen LogP contribution in [0.5, 0.6) is 0 Å². The molecular formula is C15H23FN2S. The van der Waals surface area contributed by atoms with Crippen molar-refractivity contribution in [1.82, 2.24) is 4.90 Å². The van der Waals surface area contributed by atoms with Crippen molar-refractivity contribution >= 4 is 11.8 Å². The van der Waals surface area contributed by atoms with E-state index in [1.807, 2.05) is 23.9 Å². The van der Waals surface area contributed by atoms with Crippen molar-refractivity contribution in [3.8, 4) is 0 Å². The Morgan fingerprint density at radius 1 is 1.53 bits per heavy atom. The highest BCUT2D eigenvalue weighted by molar-refractivity contribution is 7.99. The van der Waals surface area contributed by atoms with Gasteiger partial charge in [0.1, 0.15) is 5.82 Å². The van der Waals surface area contributed by atoms with Gasteiger partial charge in [-0.3, -0.25) is 0 Å². The van der Waals surface area contributed by atoms with Gasteiger partial charge in [0.15, 0.2) is 0 Å². The molecule has 4 heteroatoms. The summed E-state index contributed by atoms with van der Waals surface area (Å²) < 4.78 is 13.5. The van der Waals surface area contributed by atoms with E-state index in [2.05, 4.69) is 11.9 Å². The van der Waals surface area contributed by atoms with Gasteiger partial charge in [-0.05, 0) is 56.3 Å². The van der Waals surface area contributed by atoms with E-state index in [9.17, 15) is 4.39 Å². The number of thioether (sulfide) groups is 1. The van der Waals surface area contributed by atoms with E-state index < -0.39 is 0 Å². The second-order valence-electron chi connectivity index (χ2n) is 5.40. The third-order valence-corrected chi connectivity index (χ3v) is 5.09. The lowest BCUT2D eigenvalue weighted by atomic mass is 10.0. The minimum absolute atomic E-state index is 0.0772. The van der Waals surface area contributed by atoms with Crippen LogP contribution >= 0.6 is 11.8 Å². The molecule has 0 bridgehead atoms. The molecule has 0 aliphatic carbocycles. The molecular weight excluding hydrogens is 259 g/mol. The normalized spacial score (nSPS) is 21.0. The minimum Gasteiger partial charge on any atom is -0.324 e. The molecule has 1 aromatic carbocycles. The van der Waals surface area contributed by atoms with E-state index in [1.54, 1.807) is 13.0 Å². The van der Waals surface area contributed by atoms with Crippen molar-refractivity contribution in [2.24, 2.45) is 5.73 Å². The van der Waals surface area contributed by atoms with Gasteiger partial charge in [0.25, 0.3) is 0 Å². The lowest BCUT2D eigenvalue weighted by molar-refractivity contribution is 0.253. The van der Waals surface area contributed by atoms with Crippen LogP contribution in [0.3, 0.4) is 0 Å². The zero-order valence-electron chi connectivity index (χ0n) is 11.7. The Morgan fingerprint density at radius 3 is 2.95 bits per heavy atom. The number of rotatable bonds is 5. The predicted molar refractivity (Wildman–Crippen MR) is 81.0 cm³/mol. The molecule has 19 heavy (non-hydrogen) atoms. The number of aryl methyl sites for hydroxylation is 1. The average molecular weight is 282 g/mol. The first kappa shape index (κ1) is 14.8. The molecule has 1 aliphatic heterocycles. The Kier molecular flexibility index (Phi) is 5.25. The smallest absolute Gasteiger partial charge is 0.126 e. The molecule has 0 spiro atoms. The van der Waals surface area contributed by atoms with Crippen molar-refractivity contribution in [2.45, 2.75) is 31.8 Å². The zero-order chi connectivity index (χ0) is 13.8. The van der Waals surface area contributed by atoms with Gasteiger partial charge in [-0.1, -0.05) is 12.1 Å². The maximum atomic E-state index is 13.5. The van der Waals surface area contributed by atoms with Gasteiger partial charge in [-0.15, -0.1) is 0 Å². The fraction of sp³-hybridized carbons (Fsp3) is 0.600. The molecule has 0 radical (unpaired) electrons. The molecule has 1 fully saturated rings. The standard InChI is InChI=1S/C15H23FN2S/c1-11-3-4-12(9-14(11)16)15(17)5-7-18(2)13-6-8-19-10-13/h3-4,9,13,15H,5-8,10,17H2,1-2H3. The molecule has 1 saturated heterocycles. The van der Waals surface area contributed by atoms with E-state index in [4.69, 9.17) is 5.73 Å². The van der Waals surface area contributed by atoms with Gasteiger partial charge in [-0.2, -0.15) is 11.8 Å². The van der Waals surface area contributed by atoms with Crippen LogP contribution in [0, 0.1) is 12.7 Å². The summed E-state index contributed by atoms with van der Waals surface area (Å²) >= 11 is 2.02. The number of hydrogen-bond donors (Lipinski definition) is 1. The summed E-state index contributed by atoms with van der Waals surface area (Å²) in [6, 6.07) is 5.93. The van der Waals surface area contributed by atoms with Crippen LogP contribution in [0.15, 0.2) is 18.2 Å². The molecule has 0 amide bonds. The highest BCUT2D eigenvalue weighted by atomic mass is 32.2. The minimum atomic E-state index is -0.159. The first-order valence-electron chi connectivity index (χ1n) is 6.87. The van der Waals surface area contributed by atoms with Gasteiger partial charge in [-0.25, -0.2) is 4.39 Å². The molecule has 2 nitrogen and oxygen atoms in total. The highest BCUT2D eigenvalue weighted by Crippen LogP contribution is 2.23. The van der Waals surface area contributed by atoms with Crippen LogP contribution in [0.4, 0.5) is 4.39 Å². The summed E-state index contributed by atoms with van der Waals surface area (Å²) in [5.41, 5.74) is 7.74. The van der Waals surface area contributed by atoms with Crippen molar-refractivity contribution in [1.29, 1.82) is 0 Å². The SMILES string of the molecule is Cc1ccc(C(N)CCN(C)C2CCSC2)cc1F. The molecule has 0 aromatic heterocycles. The maximum absolute atomic E-state index is 13.5. The summed E-state index contributed by atoms with van der Waals surface area (Å²) in [5.74, 6) is 2.34. The summed E-state index contributed by atoms with van der Waals surface area (Å²) in [5, 5.41) is 0. The zero-order valence-corrected chi connectivity index (χ0v) is 12.5. The van der Waals surface area contributed by atoms with E-state index >= 15 is 0 Å². The molecule has 2 rings (SSSR count). The van der Waals surface area contributed by atoms with Gasteiger partial charge in [0.2, 0.25) is 0 Å². The second-order valence-corrected chi connectivity index (χ2v) is 6.55. The van der Waals surface area contributed by atoms with E-state index in [0.717, 1.165) is 18.5 Å². The third-order valence-electron chi connectivity index (χ3n) is 3.95. The van der Waals surface area contributed by atoms with Gasteiger partial charge < -0.3 is 10.6 Å². The van der Waals surface area contributed by atoms with E-state index in [1.165, 1.54) is 17.9 Å². The Hall–Kier alpha value is -0.580. The molecule has 2 unspecified atom stereocenters. The van der Waals surface area contributed by atoms with Crippen LogP contribution in [0.2, 0.25) is 0 Å². The molecule has 2 N–H and O–H groups in total. The average Bonchev–Trinajstić information content (AvgIpc) is 2.92. The number of nitrogens with two attached hydrogens (primary N) is 1. The van der Waals surface area contributed by atoms with Gasteiger partial charge in [0.05, 0.1) is 0 Å². The summed E-state index contributed by atoms with van der Waals surface area (Å²) in [6.07, 6.45) is 2.15. The number of halogens is 1. The van der Waals surface area contributed by atoms with Crippen molar-refractivity contribution in [3.63, 3.8) is 0 Å². The molecule has 1 aliphatic rings. The van der Waals surface area contributed by atoms with Crippen molar-refractivity contribution < 1.29 is 4.39 Å². The monoisotopic (exact) mass is 282 g/mol. The topological polar surface area (TPSA) is 29.3 Å². The summed E-state index contributed by atoms with van der Waals surface area (Å²) in [4.78, 5) is 2.39. The van der Waals surface area contributed by atoms with Crippen LogP contribution in [-0.2, 0) is 0 Å². The lowest BCUT2D eigenvalue weighted by Gasteiger charge is -2.25. The largest absolute Gasteiger partial charge is 0.324 e. The van der Waals surface area contributed by atoms with Crippen LogP contribution < -0.4 is 5.73 Å².